The maximum absolute atomic E-state index is 11.9. The highest BCUT2D eigenvalue weighted by atomic mass is 19.4. The molecule has 0 unspecified atom stereocenters. The van der Waals surface area contributed by atoms with Crippen LogP contribution in [0, 0.1) is 11.3 Å². The SMILES string of the molecule is COc1ccc(C#N)cc1COCCCC(F)(F)F. The molecule has 0 saturated carbocycles. The third-order valence-electron chi connectivity index (χ3n) is 2.42. The van der Waals surface area contributed by atoms with Crippen molar-refractivity contribution in [1.82, 2.24) is 0 Å². The largest absolute Gasteiger partial charge is 0.496 e. The van der Waals surface area contributed by atoms with Gasteiger partial charge in [-0.1, -0.05) is 0 Å². The predicted molar refractivity (Wildman–Crippen MR) is 62.7 cm³/mol. The van der Waals surface area contributed by atoms with Crippen LogP contribution in [0.4, 0.5) is 13.2 Å². The fraction of sp³-hybridized carbons (Fsp3) is 0.462. The molecule has 0 spiro atoms. The number of benzene rings is 1. The van der Waals surface area contributed by atoms with Crippen LogP contribution in [-0.2, 0) is 11.3 Å². The Morgan fingerprint density at radius 2 is 2.05 bits per heavy atom. The molecule has 1 aromatic rings. The Morgan fingerprint density at radius 3 is 2.63 bits per heavy atom. The van der Waals surface area contributed by atoms with Crippen molar-refractivity contribution in [3.63, 3.8) is 0 Å². The van der Waals surface area contributed by atoms with Crippen LogP contribution in [0.2, 0.25) is 0 Å². The van der Waals surface area contributed by atoms with Gasteiger partial charge in [0.15, 0.2) is 0 Å². The van der Waals surface area contributed by atoms with Crippen LogP contribution in [0.25, 0.3) is 0 Å². The van der Waals surface area contributed by atoms with E-state index in [4.69, 9.17) is 14.7 Å². The van der Waals surface area contributed by atoms with Gasteiger partial charge in [0.05, 0.1) is 25.3 Å². The number of hydrogen-bond acceptors (Lipinski definition) is 3. The van der Waals surface area contributed by atoms with Crippen molar-refractivity contribution in [3.05, 3.63) is 29.3 Å². The van der Waals surface area contributed by atoms with Crippen LogP contribution < -0.4 is 4.74 Å². The van der Waals surface area contributed by atoms with Gasteiger partial charge in [0.2, 0.25) is 0 Å². The second-order valence-electron chi connectivity index (χ2n) is 3.91. The van der Waals surface area contributed by atoms with E-state index in [1.54, 1.807) is 18.2 Å². The number of alkyl halides is 3. The highest BCUT2D eigenvalue weighted by Crippen LogP contribution is 2.22. The van der Waals surface area contributed by atoms with Crippen molar-refractivity contribution in [3.8, 4) is 11.8 Å². The smallest absolute Gasteiger partial charge is 0.389 e. The van der Waals surface area contributed by atoms with Gasteiger partial charge >= 0.3 is 6.18 Å². The highest BCUT2D eigenvalue weighted by Gasteiger charge is 2.25. The Bertz CT molecular complexity index is 452. The first-order valence-electron chi connectivity index (χ1n) is 5.68. The fourth-order valence-electron chi connectivity index (χ4n) is 1.52. The van der Waals surface area contributed by atoms with Crippen molar-refractivity contribution < 1.29 is 22.6 Å². The van der Waals surface area contributed by atoms with Crippen molar-refractivity contribution in [1.29, 1.82) is 5.26 Å². The molecule has 19 heavy (non-hydrogen) atoms. The number of nitriles is 1. The van der Waals surface area contributed by atoms with Gasteiger partial charge in [-0.2, -0.15) is 18.4 Å². The van der Waals surface area contributed by atoms with Crippen LogP contribution >= 0.6 is 0 Å². The van der Waals surface area contributed by atoms with Crippen LogP contribution in [0.1, 0.15) is 24.0 Å². The van der Waals surface area contributed by atoms with E-state index in [1.807, 2.05) is 6.07 Å². The third-order valence-corrected chi connectivity index (χ3v) is 2.42. The summed E-state index contributed by atoms with van der Waals surface area (Å²) in [6.07, 6.45) is -5.09. The van der Waals surface area contributed by atoms with Crippen LogP contribution in [0.5, 0.6) is 5.75 Å². The standard InChI is InChI=1S/C13H14F3NO2/c1-18-12-4-3-10(8-17)7-11(12)9-19-6-2-5-13(14,15)16/h3-4,7H,2,5-6,9H2,1H3. The molecule has 0 N–H and O–H groups in total. The zero-order valence-electron chi connectivity index (χ0n) is 10.5. The number of methoxy groups -OCH3 is 1. The monoisotopic (exact) mass is 273 g/mol. The molecule has 0 aliphatic heterocycles. The molecule has 0 atom stereocenters. The minimum Gasteiger partial charge on any atom is -0.496 e. The van der Waals surface area contributed by atoms with Gasteiger partial charge in [-0.05, 0) is 24.6 Å². The third kappa shape index (κ3) is 5.62. The number of nitrogens with zero attached hydrogens (tertiary/aromatic N) is 1. The van der Waals surface area contributed by atoms with Crippen molar-refractivity contribution in [2.45, 2.75) is 25.6 Å². The van der Waals surface area contributed by atoms with Gasteiger partial charge in [-0.25, -0.2) is 0 Å². The first kappa shape index (κ1) is 15.3. The van der Waals surface area contributed by atoms with Crippen molar-refractivity contribution in [2.24, 2.45) is 0 Å². The molecule has 104 valence electrons. The Hall–Kier alpha value is -1.74. The van der Waals surface area contributed by atoms with Gasteiger partial charge < -0.3 is 9.47 Å². The molecule has 1 aromatic carbocycles. The number of ether oxygens (including phenoxy) is 2. The van der Waals surface area contributed by atoms with E-state index in [2.05, 4.69) is 0 Å². The van der Waals surface area contributed by atoms with E-state index in [1.165, 1.54) is 7.11 Å². The van der Waals surface area contributed by atoms with E-state index < -0.39 is 12.6 Å². The normalized spacial score (nSPS) is 11.1. The maximum atomic E-state index is 11.9. The molecule has 0 aliphatic rings. The molecule has 0 amide bonds. The lowest BCUT2D eigenvalue weighted by Crippen LogP contribution is -2.09. The first-order chi connectivity index (χ1) is 8.96. The molecule has 6 heteroatoms. The summed E-state index contributed by atoms with van der Waals surface area (Å²) in [4.78, 5) is 0. The van der Waals surface area contributed by atoms with E-state index in [-0.39, 0.29) is 19.6 Å². The summed E-state index contributed by atoms with van der Waals surface area (Å²) in [5, 5.41) is 8.77. The fourth-order valence-corrected chi connectivity index (χ4v) is 1.52. The predicted octanol–water partition coefficient (Wildman–Crippen LogP) is 3.43. The summed E-state index contributed by atoms with van der Waals surface area (Å²) in [5.74, 6) is 0.551. The lowest BCUT2D eigenvalue weighted by Gasteiger charge is -2.10. The Kier molecular flexibility index (Phi) is 5.64. The molecule has 0 heterocycles. The summed E-state index contributed by atoms with van der Waals surface area (Å²) in [6, 6.07) is 6.82. The minimum absolute atomic E-state index is 0.0133. The average Bonchev–Trinajstić information content (AvgIpc) is 2.36. The Balaban J connectivity index is 2.46. The zero-order valence-corrected chi connectivity index (χ0v) is 10.5. The van der Waals surface area contributed by atoms with E-state index in [9.17, 15) is 13.2 Å². The van der Waals surface area contributed by atoms with Crippen LogP contribution in [-0.4, -0.2) is 19.9 Å². The molecule has 3 nitrogen and oxygen atoms in total. The van der Waals surface area contributed by atoms with Gasteiger partial charge in [0.25, 0.3) is 0 Å². The lowest BCUT2D eigenvalue weighted by atomic mass is 10.1. The summed E-state index contributed by atoms with van der Waals surface area (Å²) in [7, 11) is 1.48. The summed E-state index contributed by atoms with van der Waals surface area (Å²) < 4.78 is 46.0. The van der Waals surface area contributed by atoms with Gasteiger partial charge in [0, 0.05) is 18.6 Å². The molecule has 0 fully saturated rings. The topological polar surface area (TPSA) is 42.2 Å². The van der Waals surface area contributed by atoms with E-state index >= 15 is 0 Å². The van der Waals surface area contributed by atoms with Crippen molar-refractivity contribution in [2.75, 3.05) is 13.7 Å². The molecule has 1 rings (SSSR count). The molecular formula is C13H14F3NO2. The second-order valence-corrected chi connectivity index (χ2v) is 3.91. The molecule has 0 radical (unpaired) electrons. The molecule has 0 aliphatic carbocycles. The number of halogens is 3. The molecule has 0 aromatic heterocycles. The number of hydrogen-bond donors (Lipinski definition) is 0. The summed E-state index contributed by atoms with van der Waals surface area (Å²) in [6.45, 7) is 0.135. The molecule has 0 saturated heterocycles. The van der Waals surface area contributed by atoms with Crippen molar-refractivity contribution >= 4 is 0 Å². The highest BCUT2D eigenvalue weighted by molar-refractivity contribution is 5.41. The summed E-state index contributed by atoms with van der Waals surface area (Å²) >= 11 is 0. The second kappa shape index (κ2) is 7.00. The summed E-state index contributed by atoms with van der Waals surface area (Å²) in [5.41, 5.74) is 1.10. The van der Waals surface area contributed by atoms with E-state index in [0.29, 0.717) is 16.9 Å². The average molecular weight is 273 g/mol. The van der Waals surface area contributed by atoms with E-state index in [0.717, 1.165) is 0 Å². The Morgan fingerprint density at radius 1 is 1.32 bits per heavy atom. The molecule has 0 bridgehead atoms. The molecular weight excluding hydrogens is 259 g/mol. The zero-order chi connectivity index (χ0) is 14.3. The first-order valence-corrected chi connectivity index (χ1v) is 5.68. The van der Waals surface area contributed by atoms with Gasteiger partial charge in [0.1, 0.15) is 5.75 Å². The lowest BCUT2D eigenvalue weighted by molar-refractivity contribution is -0.138. The van der Waals surface area contributed by atoms with Crippen LogP contribution in [0.3, 0.4) is 0 Å². The minimum atomic E-state index is -4.15. The van der Waals surface area contributed by atoms with Gasteiger partial charge in [-0.15, -0.1) is 0 Å². The van der Waals surface area contributed by atoms with Gasteiger partial charge in [-0.3, -0.25) is 0 Å². The Labute approximate surface area is 109 Å². The quantitative estimate of drug-likeness (QED) is 0.746. The maximum Gasteiger partial charge on any atom is 0.389 e. The number of rotatable bonds is 6. The van der Waals surface area contributed by atoms with Crippen LogP contribution in [0.15, 0.2) is 18.2 Å².